The molecule has 0 bridgehead atoms. The van der Waals surface area contributed by atoms with Gasteiger partial charge in [0.1, 0.15) is 13.1 Å². The second-order valence-corrected chi connectivity index (χ2v) is 8.12. The standard InChI is InChI=1S/C24H21N6S/c1-29-16-13-18(20-7-2-3-8-21(20)29)11-12-19(17-25)24-30(15-6-14-27-28-26)22-9-4-5-10-23(22)31-24/h2-5,7-13,16H,6,14-15H2,1H3/q+1. The number of nitriles is 1. The predicted octanol–water partition coefficient (Wildman–Crippen LogP) is 5.73. The summed E-state index contributed by atoms with van der Waals surface area (Å²) in [5, 5.41) is 15.6. The molecule has 0 unspecified atom stereocenters. The molecule has 6 nitrogen and oxygen atoms in total. The molecular weight excluding hydrogens is 404 g/mol. The molecule has 0 atom stereocenters. The van der Waals surface area contributed by atoms with Gasteiger partial charge in [0.05, 0.1) is 21.7 Å². The van der Waals surface area contributed by atoms with Crippen LogP contribution in [0.1, 0.15) is 12.0 Å². The zero-order valence-electron chi connectivity index (χ0n) is 17.1. The highest BCUT2D eigenvalue weighted by atomic mass is 32.2. The molecule has 0 fully saturated rings. The highest BCUT2D eigenvalue weighted by molar-refractivity contribution is 8.03. The number of para-hydroxylation sites is 2. The van der Waals surface area contributed by atoms with Crippen molar-refractivity contribution in [2.75, 3.05) is 18.0 Å². The number of rotatable bonds is 6. The van der Waals surface area contributed by atoms with Crippen LogP contribution < -0.4 is 9.47 Å². The first-order valence-electron chi connectivity index (χ1n) is 9.98. The molecule has 7 heteroatoms. The van der Waals surface area contributed by atoms with Crippen molar-refractivity contribution in [1.82, 2.24) is 0 Å². The van der Waals surface area contributed by atoms with Gasteiger partial charge in [0, 0.05) is 35.0 Å². The molecular formula is C24H21N6S+. The molecule has 2 aromatic carbocycles. The Morgan fingerprint density at radius 1 is 1.23 bits per heavy atom. The van der Waals surface area contributed by atoms with E-state index >= 15 is 0 Å². The molecule has 0 saturated carbocycles. The van der Waals surface area contributed by atoms with Crippen molar-refractivity contribution < 1.29 is 4.57 Å². The molecule has 1 aliphatic rings. The van der Waals surface area contributed by atoms with Gasteiger partial charge < -0.3 is 4.90 Å². The lowest BCUT2D eigenvalue weighted by molar-refractivity contribution is -0.644. The Balaban J connectivity index is 1.71. The normalized spacial score (nSPS) is 14.4. The van der Waals surface area contributed by atoms with Crippen molar-refractivity contribution in [1.29, 1.82) is 5.26 Å². The van der Waals surface area contributed by atoms with Crippen molar-refractivity contribution in [3.05, 3.63) is 93.5 Å². The number of allylic oxidation sites excluding steroid dienone is 2. The van der Waals surface area contributed by atoms with E-state index in [-0.39, 0.29) is 0 Å². The van der Waals surface area contributed by atoms with E-state index in [2.05, 4.69) is 55.9 Å². The number of anilines is 1. The Labute approximate surface area is 185 Å². The summed E-state index contributed by atoms with van der Waals surface area (Å²) < 4.78 is 2.09. The largest absolute Gasteiger partial charge is 0.334 e. The van der Waals surface area contributed by atoms with Crippen molar-refractivity contribution in [3.8, 4) is 6.07 Å². The van der Waals surface area contributed by atoms with Crippen LogP contribution in [-0.4, -0.2) is 13.1 Å². The Hall–Kier alpha value is -3.72. The lowest BCUT2D eigenvalue weighted by Gasteiger charge is -2.20. The average molecular weight is 426 g/mol. The summed E-state index contributed by atoms with van der Waals surface area (Å²) in [5.41, 5.74) is 12.4. The molecule has 3 aromatic rings. The van der Waals surface area contributed by atoms with Crippen LogP contribution in [0.3, 0.4) is 0 Å². The molecule has 31 heavy (non-hydrogen) atoms. The van der Waals surface area contributed by atoms with E-state index in [4.69, 9.17) is 5.53 Å². The average Bonchev–Trinajstić information content (AvgIpc) is 3.17. The quantitative estimate of drug-likeness (QED) is 0.126. The molecule has 1 aliphatic heterocycles. The number of nitrogens with zero attached hydrogens (tertiary/aromatic N) is 6. The number of azide groups is 1. The van der Waals surface area contributed by atoms with Gasteiger partial charge in [0.25, 0.3) is 0 Å². The fourth-order valence-electron chi connectivity index (χ4n) is 3.66. The van der Waals surface area contributed by atoms with Crippen LogP contribution in [0.25, 0.3) is 27.4 Å². The number of fused-ring (bicyclic) bond motifs is 2. The van der Waals surface area contributed by atoms with Gasteiger partial charge in [0.15, 0.2) is 6.20 Å². The van der Waals surface area contributed by atoms with Gasteiger partial charge in [-0.3, -0.25) is 0 Å². The molecule has 0 aliphatic carbocycles. The Bertz CT molecular complexity index is 1280. The van der Waals surface area contributed by atoms with E-state index in [9.17, 15) is 5.26 Å². The summed E-state index contributed by atoms with van der Waals surface area (Å²) >= 11 is 1.61. The van der Waals surface area contributed by atoms with Crippen molar-refractivity contribution in [2.45, 2.75) is 11.3 Å². The Kier molecular flexibility index (Phi) is 6.23. The first-order valence-corrected chi connectivity index (χ1v) is 10.8. The summed E-state index contributed by atoms with van der Waals surface area (Å²) in [6, 6.07) is 20.8. The van der Waals surface area contributed by atoms with Gasteiger partial charge in [-0.05, 0) is 41.8 Å². The number of aromatic nitrogens is 1. The summed E-state index contributed by atoms with van der Waals surface area (Å²) in [4.78, 5) is 6.11. The van der Waals surface area contributed by atoms with Gasteiger partial charge in [-0.25, -0.2) is 4.57 Å². The minimum absolute atomic E-state index is 0.428. The van der Waals surface area contributed by atoms with E-state index in [1.807, 2.05) is 49.7 Å². The van der Waals surface area contributed by atoms with Gasteiger partial charge in [0.2, 0.25) is 5.52 Å². The molecule has 0 saturated heterocycles. The van der Waals surface area contributed by atoms with E-state index < -0.39 is 0 Å². The maximum atomic E-state index is 9.96. The van der Waals surface area contributed by atoms with Crippen LogP contribution in [0, 0.1) is 11.3 Å². The summed E-state index contributed by atoms with van der Waals surface area (Å²) in [7, 11) is 2.03. The monoisotopic (exact) mass is 425 g/mol. The number of hydrogen-bond donors (Lipinski definition) is 0. The minimum Gasteiger partial charge on any atom is -0.334 e. The number of hydrogen-bond acceptors (Lipinski definition) is 4. The van der Waals surface area contributed by atoms with Crippen molar-refractivity contribution in [3.63, 3.8) is 0 Å². The van der Waals surface area contributed by atoms with Crippen molar-refractivity contribution >= 4 is 34.4 Å². The van der Waals surface area contributed by atoms with Gasteiger partial charge in [-0.1, -0.05) is 47.2 Å². The SMILES string of the molecule is C[n+]1ccc(/C=C/C(C#N)=C2\Sc3ccccc3N2CCCN=[N+]=[N-])c2ccccc21. The zero-order valence-corrected chi connectivity index (χ0v) is 18.0. The predicted molar refractivity (Wildman–Crippen MR) is 125 cm³/mol. The van der Waals surface area contributed by atoms with Gasteiger partial charge in [-0.2, -0.15) is 5.26 Å². The molecule has 152 valence electrons. The molecule has 0 N–H and O–H groups in total. The Morgan fingerprint density at radius 2 is 2.03 bits per heavy atom. The molecule has 0 amide bonds. The van der Waals surface area contributed by atoms with E-state index in [0.29, 0.717) is 25.1 Å². The van der Waals surface area contributed by atoms with Crippen LogP contribution in [0.5, 0.6) is 0 Å². The number of benzene rings is 2. The number of pyridine rings is 1. The maximum Gasteiger partial charge on any atom is 0.212 e. The van der Waals surface area contributed by atoms with Crippen LogP contribution in [0.15, 0.2) is 87.5 Å². The van der Waals surface area contributed by atoms with Gasteiger partial charge >= 0.3 is 0 Å². The van der Waals surface area contributed by atoms with Crippen LogP contribution in [-0.2, 0) is 7.05 Å². The van der Waals surface area contributed by atoms with Crippen LogP contribution in [0.2, 0.25) is 0 Å². The summed E-state index contributed by atoms with van der Waals surface area (Å²) in [6.45, 7) is 1.11. The molecule has 0 spiro atoms. The third-order valence-electron chi connectivity index (χ3n) is 5.16. The van der Waals surface area contributed by atoms with Crippen LogP contribution >= 0.6 is 11.8 Å². The third-order valence-corrected chi connectivity index (χ3v) is 6.36. The molecule has 1 aromatic heterocycles. The van der Waals surface area contributed by atoms with Gasteiger partial charge in [-0.15, -0.1) is 0 Å². The number of thioether (sulfide) groups is 1. The lowest BCUT2D eigenvalue weighted by atomic mass is 10.1. The summed E-state index contributed by atoms with van der Waals surface area (Å²) in [6.07, 6.45) is 6.65. The fourth-order valence-corrected chi connectivity index (χ4v) is 4.83. The van der Waals surface area contributed by atoms with E-state index in [1.54, 1.807) is 11.8 Å². The summed E-state index contributed by atoms with van der Waals surface area (Å²) in [5.74, 6) is 0. The molecule has 4 rings (SSSR count). The Morgan fingerprint density at radius 3 is 2.87 bits per heavy atom. The molecule has 2 heterocycles. The minimum atomic E-state index is 0.428. The number of aryl methyl sites for hydroxylation is 1. The second kappa shape index (κ2) is 9.40. The molecule has 0 radical (unpaired) electrons. The smallest absolute Gasteiger partial charge is 0.212 e. The van der Waals surface area contributed by atoms with Crippen molar-refractivity contribution in [2.24, 2.45) is 12.2 Å². The van der Waals surface area contributed by atoms with E-state index in [0.717, 1.165) is 32.1 Å². The highest BCUT2D eigenvalue weighted by Gasteiger charge is 2.26. The van der Waals surface area contributed by atoms with E-state index in [1.165, 1.54) is 0 Å². The van der Waals surface area contributed by atoms with Crippen LogP contribution in [0.4, 0.5) is 5.69 Å². The zero-order chi connectivity index (χ0) is 21.6. The lowest BCUT2D eigenvalue weighted by Crippen LogP contribution is -2.28. The fraction of sp³-hybridized carbons (Fsp3) is 0.167. The maximum absolute atomic E-state index is 9.96. The third kappa shape index (κ3) is 4.26. The topological polar surface area (TPSA) is 79.7 Å². The first kappa shape index (κ1) is 20.5. The highest BCUT2D eigenvalue weighted by Crippen LogP contribution is 2.47. The second-order valence-electron chi connectivity index (χ2n) is 7.09. The first-order chi connectivity index (χ1) is 15.2.